The maximum absolute atomic E-state index is 11.6. The molecular formula is C31H29ClN4O5. The number of aromatic carboxylic acids is 1. The number of benzene rings is 2. The van der Waals surface area contributed by atoms with Gasteiger partial charge in [-0.1, -0.05) is 23.7 Å². The highest BCUT2D eigenvalue weighted by molar-refractivity contribution is 6.30. The number of halogens is 1. The van der Waals surface area contributed by atoms with E-state index < -0.39 is 11.8 Å². The second-order valence-electron chi connectivity index (χ2n) is 11.7. The summed E-state index contributed by atoms with van der Waals surface area (Å²) >= 11 is 6.04. The van der Waals surface area contributed by atoms with Crippen molar-refractivity contribution in [1.29, 1.82) is 0 Å². The highest BCUT2D eigenvalue weighted by Crippen LogP contribution is 2.62. The molecule has 1 aliphatic carbocycles. The number of carbonyl (C=O) groups is 1. The van der Waals surface area contributed by atoms with Gasteiger partial charge in [-0.25, -0.2) is 9.78 Å². The molecule has 4 atom stereocenters. The van der Waals surface area contributed by atoms with Gasteiger partial charge in [0.2, 0.25) is 0 Å². The van der Waals surface area contributed by atoms with Gasteiger partial charge >= 0.3 is 5.97 Å². The number of carboxylic acids is 1. The zero-order chi connectivity index (χ0) is 27.9. The van der Waals surface area contributed by atoms with E-state index in [4.69, 9.17) is 30.8 Å². The van der Waals surface area contributed by atoms with E-state index in [0.29, 0.717) is 35.0 Å². The zero-order valence-electron chi connectivity index (χ0n) is 22.5. The van der Waals surface area contributed by atoms with Crippen molar-refractivity contribution in [2.75, 3.05) is 19.7 Å². The van der Waals surface area contributed by atoms with Crippen LogP contribution < -0.4 is 9.47 Å². The fourth-order valence-electron chi connectivity index (χ4n) is 6.83. The molecule has 1 saturated carbocycles. The van der Waals surface area contributed by atoms with E-state index >= 15 is 0 Å². The standard InChI is InChI=1S/C31H29ClN4O5/c1-31(26-8-6-18(32)12-33-26)40-25-4-2-3-20(29(25)41-31)28-21-14-35(15-22(21)28)16-27-34-23-7-5-17(30(37)38)11-24(23)36(27)13-19-9-10-39-19/h2-8,11-12,19,21-22,28H,9-10,13-16H2,1H3,(H,37,38)/t19-,21?,22?,28?,31?/m0/s1. The minimum Gasteiger partial charge on any atom is -0.478 e. The van der Waals surface area contributed by atoms with Gasteiger partial charge in [-0.15, -0.1) is 0 Å². The monoisotopic (exact) mass is 572 g/mol. The van der Waals surface area contributed by atoms with Crippen molar-refractivity contribution in [3.63, 3.8) is 0 Å². The predicted molar refractivity (Wildman–Crippen MR) is 150 cm³/mol. The average molecular weight is 573 g/mol. The highest BCUT2D eigenvalue weighted by Gasteiger charge is 2.58. The molecule has 2 aromatic heterocycles. The molecule has 210 valence electrons. The van der Waals surface area contributed by atoms with Gasteiger partial charge in [0, 0.05) is 38.4 Å². The molecule has 4 aliphatic rings. The SMILES string of the molecule is CC1(c2ccc(Cl)cn2)Oc2cccc(C3C4CN(Cc5nc6ccc(C(=O)O)cc6n5C[C@@H]5CCO5)CC43)c2O1. The van der Waals surface area contributed by atoms with Crippen LogP contribution >= 0.6 is 11.6 Å². The van der Waals surface area contributed by atoms with Gasteiger partial charge in [-0.05, 0) is 60.6 Å². The van der Waals surface area contributed by atoms with Crippen molar-refractivity contribution >= 4 is 28.6 Å². The van der Waals surface area contributed by atoms with Crippen molar-refractivity contribution < 1.29 is 24.1 Å². The van der Waals surface area contributed by atoms with Crippen LogP contribution in [0.3, 0.4) is 0 Å². The number of hydrogen-bond donors (Lipinski definition) is 1. The van der Waals surface area contributed by atoms with Crippen LogP contribution in [0.2, 0.25) is 5.02 Å². The molecular weight excluding hydrogens is 544 g/mol. The number of likely N-dealkylation sites (tertiary alicyclic amines) is 1. The third-order valence-corrected chi connectivity index (χ3v) is 9.27. The van der Waals surface area contributed by atoms with Gasteiger partial charge in [0.05, 0.1) is 40.8 Å². The van der Waals surface area contributed by atoms with Crippen molar-refractivity contribution in [3.8, 4) is 11.5 Å². The summed E-state index contributed by atoms with van der Waals surface area (Å²) in [4.78, 5) is 23.5. The Balaban J connectivity index is 1.00. The predicted octanol–water partition coefficient (Wildman–Crippen LogP) is 5.06. The van der Waals surface area contributed by atoms with Crippen LogP contribution in [-0.4, -0.2) is 56.3 Å². The van der Waals surface area contributed by atoms with Crippen LogP contribution in [0, 0.1) is 11.8 Å². The number of aromatic nitrogens is 3. The van der Waals surface area contributed by atoms with E-state index in [9.17, 15) is 9.90 Å². The van der Waals surface area contributed by atoms with Gasteiger partial charge in [0.1, 0.15) is 11.5 Å². The lowest BCUT2D eigenvalue weighted by Crippen LogP contribution is -2.33. The Morgan fingerprint density at radius 2 is 1.98 bits per heavy atom. The summed E-state index contributed by atoms with van der Waals surface area (Å²) in [5.41, 5.74) is 3.83. The molecule has 5 heterocycles. The van der Waals surface area contributed by atoms with Crippen molar-refractivity contribution in [2.24, 2.45) is 11.8 Å². The largest absolute Gasteiger partial charge is 0.478 e. The number of nitrogens with zero attached hydrogens (tertiary/aromatic N) is 4. The summed E-state index contributed by atoms with van der Waals surface area (Å²) < 4.78 is 20.6. The lowest BCUT2D eigenvalue weighted by atomic mass is 10.0. The number of piperidine rings is 1. The Hall–Kier alpha value is -3.66. The number of imidazole rings is 1. The van der Waals surface area contributed by atoms with Crippen LogP contribution in [0.1, 0.15) is 46.7 Å². The maximum atomic E-state index is 11.6. The smallest absolute Gasteiger partial charge is 0.335 e. The first-order valence-electron chi connectivity index (χ1n) is 14.1. The molecule has 3 aliphatic heterocycles. The summed E-state index contributed by atoms with van der Waals surface area (Å²) in [6, 6.07) is 15.0. The molecule has 2 aromatic carbocycles. The average Bonchev–Trinajstić information content (AvgIpc) is 3.23. The molecule has 2 saturated heterocycles. The Kier molecular flexibility index (Phi) is 5.61. The molecule has 0 radical (unpaired) electrons. The summed E-state index contributed by atoms with van der Waals surface area (Å²) in [6.07, 6.45) is 2.76. The molecule has 9 nitrogen and oxygen atoms in total. The molecule has 3 unspecified atom stereocenters. The van der Waals surface area contributed by atoms with E-state index in [1.165, 1.54) is 5.56 Å². The molecule has 4 aromatic rings. The molecule has 10 heteroatoms. The Morgan fingerprint density at radius 3 is 2.68 bits per heavy atom. The Morgan fingerprint density at radius 1 is 1.15 bits per heavy atom. The first-order chi connectivity index (χ1) is 19.9. The normalized spacial score (nSPS) is 28.0. The fourth-order valence-corrected chi connectivity index (χ4v) is 6.94. The number of ether oxygens (including phenoxy) is 3. The van der Waals surface area contributed by atoms with E-state index in [1.807, 2.05) is 31.2 Å². The topological polar surface area (TPSA) is 98.9 Å². The second kappa shape index (κ2) is 9.17. The van der Waals surface area contributed by atoms with Gasteiger partial charge in [-0.2, -0.15) is 0 Å². The zero-order valence-corrected chi connectivity index (χ0v) is 23.3. The Labute approximate surface area is 241 Å². The van der Waals surface area contributed by atoms with E-state index in [-0.39, 0.29) is 11.7 Å². The van der Waals surface area contributed by atoms with Crippen LogP contribution in [0.15, 0.2) is 54.7 Å². The summed E-state index contributed by atoms with van der Waals surface area (Å²) in [5.74, 6) is 2.09. The number of fused-ring (bicyclic) bond motifs is 3. The number of rotatable bonds is 7. The maximum Gasteiger partial charge on any atom is 0.335 e. The number of para-hydroxylation sites is 1. The van der Waals surface area contributed by atoms with Crippen LogP contribution in [0.4, 0.5) is 0 Å². The third kappa shape index (κ3) is 4.17. The lowest BCUT2D eigenvalue weighted by molar-refractivity contribution is -0.0721. The lowest BCUT2D eigenvalue weighted by Gasteiger charge is -2.28. The first-order valence-corrected chi connectivity index (χ1v) is 14.4. The van der Waals surface area contributed by atoms with Crippen LogP contribution in [0.25, 0.3) is 11.0 Å². The summed E-state index contributed by atoms with van der Waals surface area (Å²) in [5, 5.41) is 10.1. The van der Waals surface area contributed by atoms with Crippen LogP contribution in [-0.2, 0) is 23.6 Å². The molecule has 0 amide bonds. The minimum atomic E-state index is -0.997. The first kappa shape index (κ1) is 25.1. The number of hydrogen-bond acceptors (Lipinski definition) is 7. The fraction of sp³-hybridized carbons (Fsp3) is 0.387. The highest BCUT2D eigenvalue weighted by atomic mass is 35.5. The molecule has 8 rings (SSSR count). The molecule has 41 heavy (non-hydrogen) atoms. The summed E-state index contributed by atoms with van der Waals surface area (Å²) in [6.45, 7) is 6.02. The molecule has 3 fully saturated rings. The third-order valence-electron chi connectivity index (χ3n) is 9.05. The van der Waals surface area contributed by atoms with Gasteiger partial charge in [0.15, 0.2) is 11.5 Å². The van der Waals surface area contributed by atoms with Crippen molar-refractivity contribution in [3.05, 3.63) is 82.4 Å². The van der Waals surface area contributed by atoms with E-state index in [2.05, 4.69) is 20.5 Å². The summed E-state index contributed by atoms with van der Waals surface area (Å²) in [7, 11) is 0. The van der Waals surface area contributed by atoms with E-state index in [0.717, 1.165) is 61.0 Å². The van der Waals surface area contributed by atoms with Gasteiger partial charge in [-0.3, -0.25) is 9.88 Å². The minimum absolute atomic E-state index is 0.146. The molecule has 0 bridgehead atoms. The van der Waals surface area contributed by atoms with Crippen LogP contribution in [0.5, 0.6) is 11.5 Å². The van der Waals surface area contributed by atoms with Gasteiger partial charge in [0.25, 0.3) is 5.79 Å². The van der Waals surface area contributed by atoms with Gasteiger partial charge < -0.3 is 23.9 Å². The number of pyridine rings is 1. The second-order valence-corrected chi connectivity index (χ2v) is 12.1. The number of carboxylic acid groups (broad SMARTS) is 1. The molecule has 0 spiro atoms. The van der Waals surface area contributed by atoms with E-state index in [1.54, 1.807) is 24.4 Å². The van der Waals surface area contributed by atoms with Crippen molar-refractivity contribution in [1.82, 2.24) is 19.4 Å². The van der Waals surface area contributed by atoms with Crippen molar-refractivity contribution in [2.45, 2.75) is 44.2 Å². The quantitative estimate of drug-likeness (QED) is 0.328. The molecule has 1 N–H and O–H groups in total. The Bertz CT molecular complexity index is 1670.